The van der Waals surface area contributed by atoms with Gasteiger partial charge in [-0.05, 0) is 132 Å². The van der Waals surface area contributed by atoms with Crippen LogP contribution in [0.2, 0.25) is 0 Å². The second-order valence-corrected chi connectivity index (χ2v) is 22.1. The van der Waals surface area contributed by atoms with E-state index < -0.39 is 0 Å². The van der Waals surface area contributed by atoms with Gasteiger partial charge in [0.1, 0.15) is 5.01 Å². The van der Waals surface area contributed by atoms with Gasteiger partial charge >= 0.3 is 0 Å². The highest BCUT2D eigenvalue weighted by Crippen LogP contribution is 2.45. The van der Waals surface area contributed by atoms with Crippen LogP contribution in [0.5, 0.6) is 0 Å². The average molecular weight is 816 g/mol. The Labute approximate surface area is 366 Å². The van der Waals surface area contributed by atoms with Gasteiger partial charge in [-0.25, -0.2) is 4.98 Å². The third-order valence-corrected chi connectivity index (χ3v) is 15.3. The molecule has 298 valence electrons. The van der Waals surface area contributed by atoms with E-state index in [4.69, 9.17) is 4.98 Å². The van der Waals surface area contributed by atoms with Crippen molar-refractivity contribution in [3.05, 3.63) is 144 Å². The van der Waals surface area contributed by atoms with Crippen LogP contribution in [0.25, 0.3) is 97.3 Å². The van der Waals surface area contributed by atoms with Crippen LogP contribution < -0.4 is 16.4 Å². The molecule has 62 heavy (non-hydrogen) atoms. The van der Waals surface area contributed by atoms with Crippen molar-refractivity contribution in [2.75, 3.05) is 0 Å². The van der Waals surface area contributed by atoms with Crippen LogP contribution in [-0.4, -0.2) is 20.8 Å². The van der Waals surface area contributed by atoms with Crippen LogP contribution in [0.1, 0.15) is 79.0 Å². The molecule has 8 aromatic carbocycles. The van der Waals surface area contributed by atoms with Crippen LogP contribution in [0.4, 0.5) is 0 Å². The van der Waals surface area contributed by atoms with Gasteiger partial charge in [0.25, 0.3) is 6.71 Å². The Balaban J connectivity index is 1.29. The smallest absolute Gasteiger partial charge is 0.253 e. The van der Waals surface area contributed by atoms with E-state index in [9.17, 15) is 0 Å². The summed E-state index contributed by atoms with van der Waals surface area (Å²) in [5, 5.41) is 11.1. The summed E-state index contributed by atoms with van der Waals surface area (Å²) in [5.41, 5.74) is 17.9. The van der Waals surface area contributed by atoms with Gasteiger partial charge in [0.05, 0.1) is 21.3 Å². The molecule has 0 spiro atoms. The number of aromatic nitrogens is 3. The van der Waals surface area contributed by atoms with Crippen molar-refractivity contribution in [3.8, 4) is 21.9 Å². The lowest BCUT2D eigenvalue weighted by Crippen LogP contribution is -2.59. The fourth-order valence-corrected chi connectivity index (χ4v) is 11.9. The molecule has 11 aromatic rings. The monoisotopic (exact) mass is 815 g/mol. The van der Waals surface area contributed by atoms with E-state index in [0.717, 1.165) is 21.5 Å². The van der Waals surface area contributed by atoms with Crippen LogP contribution in [0.3, 0.4) is 0 Å². The van der Waals surface area contributed by atoms with Crippen molar-refractivity contribution in [2.24, 2.45) is 0 Å². The van der Waals surface area contributed by atoms with Crippen molar-refractivity contribution < 1.29 is 0 Å². The minimum atomic E-state index is -0.0669. The van der Waals surface area contributed by atoms with Gasteiger partial charge < -0.3 is 9.13 Å². The SMILES string of the molecule is CC(C)(C)c1ccc2c(c1)c1cc(C(C)(C)C)cc3c1n2-c1cc(-c2nc4ccccc4s2)cc2c1B3c1c3ccc4ccc#cc4c3cc3c4ccc(C(C)(C)C)cc4n-2c13. The van der Waals surface area contributed by atoms with E-state index in [0.29, 0.717) is 0 Å². The summed E-state index contributed by atoms with van der Waals surface area (Å²) in [5.74, 6) is 0. The number of fused-ring (bicyclic) bond motifs is 15. The van der Waals surface area contributed by atoms with E-state index in [1.807, 2.05) is 6.07 Å². The summed E-state index contributed by atoms with van der Waals surface area (Å²) in [6, 6.07) is 51.3. The molecule has 2 aliphatic heterocycles. The first-order chi connectivity index (χ1) is 29.6. The minimum absolute atomic E-state index is 0.00604. The molecule has 3 nitrogen and oxygen atoms in total. The molecular formula is C57H46BN3S. The van der Waals surface area contributed by atoms with E-state index in [1.165, 1.54) is 109 Å². The molecule has 3 aromatic heterocycles. The quantitative estimate of drug-likeness (QED) is 0.151. The summed E-state index contributed by atoms with van der Waals surface area (Å²) >= 11 is 1.79. The van der Waals surface area contributed by atoms with Gasteiger partial charge in [-0.3, -0.25) is 0 Å². The molecule has 0 unspecified atom stereocenters. The van der Waals surface area contributed by atoms with Crippen molar-refractivity contribution in [1.29, 1.82) is 0 Å². The molecule has 0 aliphatic carbocycles. The standard InChI is InChI=1S/C57H46BN3S/c1-55(2,3)33-20-23-45-40(26-33)41-27-35(57(7,8)9)28-43-52(41)60(45)47-24-32(54-59-44-16-12-13-17-49(44)62-54)25-48-51(47)58(43)50-38-21-18-31-14-10-11-15-36(31)39(38)30-42-37-22-19-34(56(4,5)6)29-46(37)61(48)53(42)50/h10,12-14,16-30H,1-9H3. The van der Waals surface area contributed by atoms with Crippen molar-refractivity contribution >= 4 is 110 Å². The van der Waals surface area contributed by atoms with E-state index >= 15 is 0 Å². The van der Waals surface area contributed by atoms with Gasteiger partial charge in [-0.2, -0.15) is 0 Å². The first-order valence-electron chi connectivity index (χ1n) is 22.1. The van der Waals surface area contributed by atoms with Gasteiger partial charge in [-0.1, -0.05) is 123 Å². The fraction of sp³-hybridized carbons (Fsp3) is 0.211. The Bertz CT molecular complexity index is 3780. The summed E-state index contributed by atoms with van der Waals surface area (Å²) in [6.45, 7) is 21.1. The van der Waals surface area contributed by atoms with E-state index in [2.05, 4.69) is 193 Å². The molecule has 0 bridgehead atoms. The Morgan fingerprint density at radius 2 is 1.23 bits per heavy atom. The zero-order chi connectivity index (χ0) is 42.4. The predicted molar refractivity (Wildman–Crippen MR) is 267 cm³/mol. The first-order valence-corrected chi connectivity index (χ1v) is 22.9. The Hall–Kier alpha value is -6.35. The number of para-hydroxylation sites is 1. The maximum absolute atomic E-state index is 5.32. The predicted octanol–water partition coefficient (Wildman–Crippen LogP) is 13.1. The number of rotatable bonds is 1. The lowest BCUT2D eigenvalue weighted by atomic mass is 9.33. The maximum Gasteiger partial charge on any atom is 0.253 e. The van der Waals surface area contributed by atoms with Crippen molar-refractivity contribution in [3.63, 3.8) is 0 Å². The molecule has 2 aliphatic rings. The Morgan fingerprint density at radius 3 is 1.98 bits per heavy atom. The molecule has 0 N–H and O–H groups in total. The van der Waals surface area contributed by atoms with Crippen LogP contribution in [0, 0.1) is 12.1 Å². The molecule has 0 saturated heterocycles. The normalized spacial score (nSPS) is 13.7. The zero-order valence-corrected chi connectivity index (χ0v) is 37.6. The number of thiazole rings is 1. The minimum Gasteiger partial charge on any atom is -0.310 e. The highest BCUT2D eigenvalue weighted by molar-refractivity contribution is 7.21. The lowest BCUT2D eigenvalue weighted by molar-refractivity contribution is 0.590. The highest BCUT2D eigenvalue weighted by Gasteiger charge is 2.43. The average Bonchev–Trinajstić information content (AvgIpc) is 3.93. The number of nitrogens with zero attached hydrogens (tertiary/aromatic N) is 3. The molecule has 0 fully saturated rings. The lowest BCUT2D eigenvalue weighted by Gasteiger charge is -2.35. The molecule has 0 atom stereocenters. The maximum atomic E-state index is 5.32. The summed E-state index contributed by atoms with van der Waals surface area (Å²) in [6.07, 6.45) is 0. The zero-order valence-electron chi connectivity index (χ0n) is 36.8. The van der Waals surface area contributed by atoms with E-state index in [1.54, 1.807) is 11.3 Å². The van der Waals surface area contributed by atoms with Crippen LogP contribution >= 0.6 is 11.3 Å². The van der Waals surface area contributed by atoms with Crippen molar-refractivity contribution in [2.45, 2.75) is 78.6 Å². The highest BCUT2D eigenvalue weighted by atomic mass is 32.1. The summed E-state index contributed by atoms with van der Waals surface area (Å²) in [7, 11) is 0. The molecule has 0 amide bonds. The Kier molecular flexibility index (Phi) is 6.89. The van der Waals surface area contributed by atoms with Crippen LogP contribution in [-0.2, 0) is 16.2 Å². The third-order valence-electron chi connectivity index (χ3n) is 14.2. The van der Waals surface area contributed by atoms with E-state index in [-0.39, 0.29) is 23.0 Å². The molecule has 13 rings (SSSR count). The van der Waals surface area contributed by atoms with Gasteiger partial charge in [0, 0.05) is 54.9 Å². The number of benzene rings is 7. The number of hydrogen-bond donors (Lipinski definition) is 0. The van der Waals surface area contributed by atoms with Gasteiger partial charge in [0.2, 0.25) is 0 Å². The first kappa shape index (κ1) is 36.3. The number of hydrogen-bond acceptors (Lipinski definition) is 2. The molecule has 5 heterocycles. The molecule has 0 saturated carbocycles. The van der Waals surface area contributed by atoms with Gasteiger partial charge in [0.15, 0.2) is 0 Å². The largest absolute Gasteiger partial charge is 0.310 e. The second-order valence-electron chi connectivity index (χ2n) is 21.1. The molecule has 0 radical (unpaired) electrons. The molecular weight excluding hydrogens is 770 g/mol. The summed E-state index contributed by atoms with van der Waals surface area (Å²) < 4.78 is 6.48. The fourth-order valence-electron chi connectivity index (χ4n) is 11.0. The summed E-state index contributed by atoms with van der Waals surface area (Å²) in [4.78, 5) is 5.32. The second kappa shape index (κ2) is 11.8. The third kappa shape index (κ3) is 4.77. The van der Waals surface area contributed by atoms with Crippen molar-refractivity contribution in [1.82, 2.24) is 14.1 Å². The topological polar surface area (TPSA) is 22.8 Å². The van der Waals surface area contributed by atoms with Crippen LogP contribution in [0.15, 0.2) is 115 Å². The van der Waals surface area contributed by atoms with Gasteiger partial charge in [-0.15, -0.1) is 11.3 Å². The molecule has 5 heteroatoms. The Morgan fingerprint density at radius 1 is 0.548 bits per heavy atom.